The summed E-state index contributed by atoms with van der Waals surface area (Å²) in [5.74, 6) is -1.03. The van der Waals surface area contributed by atoms with Crippen molar-refractivity contribution < 1.29 is 9.90 Å². The minimum Gasteiger partial charge on any atom is -0.477 e. The van der Waals surface area contributed by atoms with E-state index < -0.39 is 5.97 Å². The molecule has 1 heterocycles. The number of hydrogen-bond acceptors (Lipinski definition) is 3. The van der Waals surface area contributed by atoms with Crippen LogP contribution < -0.4 is 5.73 Å². The molecular formula is C10H9N3O2. The molecule has 0 fully saturated rings. The van der Waals surface area contributed by atoms with E-state index in [0.717, 1.165) is 5.56 Å². The van der Waals surface area contributed by atoms with E-state index in [4.69, 9.17) is 10.8 Å². The molecule has 0 radical (unpaired) electrons. The second-order valence-electron chi connectivity index (χ2n) is 3.10. The molecule has 0 atom stereocenters. The highest BCUT2D eigenvalue weighted by Crippen LogP contribution is 2.19. The van der Waals surface area contributed by atoms with Crippen LogP contribution in [0.25, 0.3) is 11.3 Å². The van der Waals surface area contributed by atoms with E-state index in [2.05, 4.69) is 10.2 Å². The first-order chi connectivity index (χ1) is 7.16. The molecule has 1 aromatic carbocycles. The Balaban J connectivity index is 2.41. The second-order valence-corrected chi connectivity index (χ2v) is 3.10. The molecule has 0 saturated carbocycles. The third-order valence-corrected chi connectivity index (χ3v) is 1.99. The molecule has 0 bridgehead atoms. The van der Waals surface area contributed by atoms with Crippen molar-refractivity contribution in [3.63, 3.8) is 0 Å². The average Bonchev–Trinajstić information content (AvgIpc) is 2.66. The number of nitrogen functional groups attached to an aromatic ring is 1. The molecule has 0 unspecified atom stereocenters. The Hall–Kier alpha value is -2.30. The first kappa shape index (κ1) is 9.26. The van der Waals surface area contributed by atoms with Crippen LogP contribution >= 0.6 is 0 Å². The predicted octanol–water partition coefficient (Wildman–Crippen LogP) is 1.36. The molecular weight excluding hydrogens is 194 g/mol. The van der Waals surface area contributed by atoms with E-state index >= 15 is 0 Å². The molecule has 15 heavy (non-hydrogen) atoms. The average molecular weight is 203 g/mol. The van der Waals surface area contributed by atoms with Crippen molar-refractivity contribution in [1.82, 2.24) is 10.2 Å². The zero-order chi connectivity index (χ0) is 10.8. The van der Waals surface area contributed by atoms with Crippen LogP contribution in [0.5, 0.6) is 0 Å². The van der Waals surface area contributed by atoms with Gasteiger partial charge < -0.3 is 10.8 Å². The van der Waals surface area contributed by atoms with Crippen molar-refractivity contribution in [2.45, 2.75) is 0 Å². The summed E-state index contributed by atoms with van der Waals surface area (Å²) < 4.78 is 0. The third-order valence-electron chi connectivity index (χ3n) is 1.99. The van der Waals surface area contributed by atoms with E-state index in [1.165, 1.54) is 6.07 Å². The molecule has 0 aliphatic heterocycles. The summed E-state index contributed by atoms with van der Waals surface area (Å²) in [6.45, 7) is 0. The first-order valence-electron chi connectivity index (χ1n) is 4.31. The Morgan fingerprint density at radius 3 is 2.80 bits per heavy atom. The summed E-state index contributed by atoms with van der Waals surface area (Å²) in [4.78, 5) is 10.6. The molecule has 0 saturated heterocycles. The number of aromatic carboxylic acids is 1. The zero-order valence-electron chi connectivity index (χ0n) is 7.77. The molecule has 76 valence electrons. The summed E-state index contributed by atoms with van der Waals surface area (Å²) >= 11 is 0. The number of aromatic amines is 1. The van der Waals surface area contributed by atoms with Gasteiger partial charge in [-0.05, 0) is 18.2 Å². The molecule has 0 aliphatic rings. The largest absolute Gasteiger partial charge is 0.477 e. The van der Waals surface area contributed by atoms with Crippen LogP contribution in [0.4, 0.5) is 5.69 Å². The van der Waals surface area contributed by atoms with Crippen molar-refractivity contribution in [3.05, 3.63) is 36.0 Å². The molecule has 0 spiro atoms. The predicted molar refractivity (Wildman–Crippen MR) is 55.4 cm³/mol. The fourth-order valence-electron chi connectivity index (χ4n) is 1.28. The Kier molecular flexibility index (Phi) is 2.13. The van der Waals surface area contributed by atoms with Gasteiger partial charge in [0.2, 0.25) is 0 Å². The number of nitrogens with zero attached hydrogens (tertiary/aromatic N) is 1. The minimum absolute atomic E-state index is 0.0624. The van der Waals surface area contributed by atoms with E-state index in [1.807, 2.05) is 6.07 Å². The monoisotopic (exact) mass is 203 g/mol. The number of benzene rings is 1. The number of H-pyrrole nitrogens is 1. The van der Waals surface area contributed by atoms with Gasteiger partial charge in [0, 0.05) is 11.3 Å². The Morgan fingerprint density at radius 2 is 2.20 bits per heavy atom. The Morgan fingerprint density at radius 1 is 1.40 bits per heavy atom. The van der Waals surface area contributed by atoms with Crippen LogP contribution in [0.2, 0.25) is 0 Å². The molecule has 1 aromatic heterocycles. The molecule has 2 aromatic rings. The maximum atomic E-state index is 10.6. The third kappa shape index (κ3) is 1.80. The lowest BCUT2D eigenvalue weighted by atomic mass is 10.1. The van der Waals surface area contributed by atoms with Crippen LogP contribution in [0.15, 0.2) is 30.3 Å². The lowest BCUT2D eigenvalue weighted by Crippen LogP contribution is -1.95. The van der Waals surface area contributed by atoms with E-state index in [9.17, 15) is 4.79 Å². The summed E-state index contributed by atoms with van der Waals surface area (Å²) in [5, 5.41) is 15.0. The van der Waals surface area contributed by atoms with Gasteiger partial charge in [0.05, 0.1) is 5.69 Å². The molecule has 2 rings (SSSR count). The number of rotatable bonds is 2. The highest BCUT2D eigenvalue weighted by atomic mass is 16.4. The summed E-state index contributed by atoms with van der Waals surface area (Å²) in [6, 6.07) is 8.57. The number of carboxylic acids is 1. The van der Waals surface area contributed by atoms with Crippen molar-refractivity contribution >= 4 is 11.7 Å². The molecule has 5 heteroatoms. The van der Waals surface area contributed by atoms with Gasteiger partial charge in [-0.15, -0.1) is 0 Å². The van der Waals surface area contributed by atoms with Crippen molar-refractivity contribution in [3.8, 4) is 11.3 Å². The molecule has 5 nitrogen and oxygen atoms in total. The summed E-state index contributed by atoms with van der Waals surface area (Å²) in [5.41, 5.74) is 7.65. The van der Waals surface area contributed by atoms with Crippen LogP contribution in [0.1, 0.15) is 10.5 Å². The number of anilines is 1. The maximum Gasteiger partial charge on any atom is 0.353 e. The highest BCUT2D eigenvalue weighted by molar-refractivity contribution is 5.86. The van der Waals surface area contributed by atoms with Gasteiger partial charge in [0.25, 0.3) is 0 Å². The first-order valence-corrected chi connectivity index (χ1v) is 4.31. The molecule has 0 aliphatic carbocycles. The van der Waals surface area contributed by atoms with Crippen molar-refractivity contribution in [1.29, 1.82) is 0 Å². The number of aromatic nitrogens is 2. The summed E-state index contributed by atoms with van der Waals surface area (Å²) in [7, 11) is 0. The fourth-order valence-corrected chi connectivity index (χ4v) is 1.28. The maximum absolute atomic E-state index is 10.6. The van der Waals surface area contributed by atoms with Gasteiger partial charge in [-0.3, -0.25) is 5.10 Å². The van der Waals surface area contributed by atoms with E-state index in [1.54, 1.807) is 18.2 Å². The number of carboxylic acid groups (broad SMARTS) is 1. The van der Waals surface area contributed by atoms with E-state index in [-0.39, 0.29) is 5.69 Å². The fraction of sp³-hybridized carbons (Fsp3) is 0. The van der Waals surface area contributed by atoms with Gasteiger partial charge in [-0.2, -0.15) is 5.10 Å². The van der Waals surface area contributed by atoms with Gasteiger partial charge in [-0.1, -0.05) is 12.1 Å². The smallest absolute Gasteiger partial charge is 0.353 e. The molecule has 0 amide bonds. The zero-order valence-corrected chi connectivity index (χ0v) is 7.77. The van der Waals surface area contributed by atoms with Gasteiger partial charge >= 0.3 is 5.97 Å². The Bertz CT molecular complexity index is 505. The number of hydrogen-bond donors (Lipinski definition) is 3. The highest BCUT2D eigenvalue weighted by Gasteiger charge is 2.08. The van der Waals surface area contributed by atoms with Gasteiger partial charge in [0.15, 0.2) is 0 Å². The van der Waals surface area contributed by atoms with Gasteiger partial charge in [0.1, 0.15) is 5.69 Å². The standard InChI is InChI=1S/C10H9N3O2/c11-7-3-1-2-6(4-7)8-5-9(10(14)15)13-12-8/h1-5H,11H2,(H,12,13)(H,14,15). The number of carbonyl (C=O) groups is 1. The van der Waals surface area contributed by atoms with Crippen LogP contribution in [-0.4, -0.2) is 21.3 Å². The van der Waals surface area contributed by atoms with Crippen molar-refractivity contribution in [2.75, 3.05) is 5.73 Å². The van der Waals surface area contributed by atoms with Crippen LogP contribution in [-0.2, 0) is 0 Å². The minimum atomic E-state index is -1.03. The quantitative estimate of drug-likeness (QED) is 0.642. The normalized spacial score (nSPS) is 10.1. The SMILES string of the molecule is Nc1cccc(-c2cc(C(=O)O)[nH]n2)c1. The lowest BCUT2D eigenvalue weighted by Gasteiger charge is -1.96. The molecule has 4 N–H and O–H groups in total. The van der Waals surface area contributed by atoms with Crippen LogP contribution in [0, 0.1) is 0 Å². The van der Waals surface area contributed by atoms with Crippen LogP contribution in [0.3, 0.4) is 0 Å². The lowest BCUT2D eigenvalue weighted by molar-refractivity contribution is 0.0690. The second kappa shape index (κ2) is 3.45. The van der Waals surface area contributed by atoms with E-state index in [0.29, 0.717) is 11.4 Å². The van der Waals surface area contributed by atoms with Crippen molar-refractivity contribution in [2.24, 2.45) is 0 Å². The summed E-state index contributed by atoms with van der Waals surface area (Å²) in [6.07, 6.45) is 0. The topological polar surface area (TPSA) is 92.0 Å². The number of nitrogens with one attached hydrogen (secondary N) is 1. The number of nitrogens with two attached hydrogens (primary N) is 1. The van der Waals surface area contributed by atoms with Gasteiger partial charge in [-0.25, -0.2) is 4.79 Å². The Labute approximate surface area is 85.5 Å².